The molecule has 2 nitrogen and oxygen atoms in total. The van der Waals surface area contributed by atoms with Crippen molar-refractivity contribution in [2.24, 2.45) is 0 Å². The second-order valence-corrected chi connectivity index (χ2v) is 6.66. The van der Waals surface area contributed by atoms with Gasteiger partial charge in [-0.3, -0.25) is 0 Å². The van der Waals surface area contributed by atoms with Gasteiger partial charge in [0.1, 0.15) is 5.75 Å². The molecule has 1 aromatic carbocycles. The van der Waals surface area contributed by atoms with E-state index in [2.05, 4.69) is 47.2 Å². The maximum absolute atomic E-state index is 5.40. The van der Waals surface area contributed by atoms with E-state index in [1.54, 1.807) is 7.11 Å². The zero-order chi connectivity index (χ0) is 13.8. The molecule has 0 bridgehead atoms. The lowest BCUT2D eigenvalue weighted by atomic mass is 10.1. The van der Waals surface area contributed by atoms with Crippen LogP contribution < -0.4 is 10.1 Å². The van der Waals surface area contributed by atoms with Crippen LogP contribution in [0.4, 0.5) is 0 Å². The van der Waals surface area contributed by atoms with Crippen LogP contribution in [0.1, 0.15) is 28.3 Å². The molecule has 0 amide bonds. The number of benzene rings is 1. The van der Waals surface area contributed by atoms with Crippen molar-refractivity contribution in [3.8, 4) is 5.75 Å². The van der Waals surface area contributed by atoms with Gasteiger partial charge in [-0.15, -0.1) is 11.3 Å². The molecule has 0 fully saturated rings. The summed E-state index contributed by atoms with van der Waals surface area (Å²) >= 11 is 5.37. The smallest absolute Gasteiger partial charge is 0.123 e. The van der Waals surface area contributed by atoms with Crippen molar-refractivity contribution in [3.05, 3.63) is 50.1 Å². The van der Waals surface area contributed by atoms with Crippen LogP contribution in [0.5, 0.6) is 5.75 Å². The van der Waals surface area contributed by atoms with Gasteiger partial charge in [-0.2, -0.15) is 0 Å². The lowest BCUT2D eigenvalue weighted by molar-refractivity contribution is 0.401. The summed E-state index contributed by atoms with van der Waals surface area (Å²) in [6.45, 7) is 5.16. The van der Waals surface area contributed by atoms with E-state index in [1.807, 2.05) is 29.5 Å². The number of aryl methyl sites for hydroxylation is 1. The van der Waals surface area contributed by atoms with E-state index >= 15 is 0 Å². The standard InChI is InChI=1S/C15H18BrNOS/c1-10(13-6-4-5-7-15(13)18-3)17-9-12-8-14(16)11(2)19-12/h4-8,10,17H,9H2,1-3H3. The van der Waals surface area contributed by atoms with E-state index < -0.39 is 0 Å². The fraction of sp³-hybridized carbons (Fsp3) is 0.333. The molecule has 1 N–H and O–H groups in total. The van der Waals surface area contributed by atoms with Gasteiger partial charge in [0, 0.05) is 32.4 Å². The van der Waals surface area contributed by atoms with Crippen molar-refractivity contribution in [2.75, 3.05) is 7.11 Å². The lowest BCUT2D eigenvalue weighted by Gasteiger charge is -2.16. The van der Waals surface area contributed by atoms with Gasteiger partial charge < -0.3 is 10.1 Å². The molecule has 2 rings (SSSR count). The first-order valence-electron chi connectivity index (χ1n) is 6.23. The Kier molecular flexibility index (Phi) is 5.02. The average Bonchev–Trinajstić information content (AvgIpc) is 2.75. The summed E-state index contributed by atoms with van der Waals surface area (Å²) in [4.78, 5) is 2.66. The molecule has 0 radical (unpaired) electrons. The highest BCUT2D eigenvalue weighted by Gasteiger charge is 2.11. The summed E-state index contributed by atoms with van der Waals surface area (Å²) < 4.78 is 6.59. The number of thiophene rings is 1. The average molecular weight is 340 g/mol. The number of para-hydroxylation sites is 1. The van der Waals surface area contributed by atoms with Gasteiger partial charge >= 0.3 is 0 Å². The molecular formula is C15H18BrNOS. The predicted molar refractivity (Wildman–Crippen MR) is 85.0 cm³/mol. The second kappa shape index (κ2) is 6.55. The molecule has 19 heavy (non-hydrogen) atoms. The molecule has 1 atom stereocenters. The number of hydrogen-bond donors (Lipinski definition) is 1. The van der Waals surface area contributed by atoms with Gasteiger partial charge in [0.05, 0.1) is 7.11 Å². The minimum atomic E-state index is 0.261. The van der Waals surface area contributed by atoms with Crippen LogP contribution in [-0.4, -0.2) is 7.11 Å². The van der Waals surface area contributed by atoms with Crippen LogP contribution in [-0.2, 0) is 6.54 Å². The normalized spacial score (nSPS) is 12.4. The van der Waals surface area contributed by atoms with E-state index in [4.69, 9.17) is 4.74 Å². The maximum atomic E-state index is 5.40. The van der Waals surface area contributed by atoms with Gasteiger partial charge in [-0.25, -0.2) is 0 Å². The number of ether oxygens (including phenoxy) is 1. The molecule has 0 aliphatic rings. The Balaban J connectivity index is 2.03. The fourth-order valence-corrected chi connectivity index (χ4v) is 3.55. The molecular weight excluding hydrogens is 322 g/mol. The third-order valence-corrected chi connectivity index (χ3v) is 5.23. The predicted octanol–water partition coefficient (Wildman–Crippen LogP) is 4.68. The third-order valence-electron chi connectivity index (χ3n) is 3.10. The first-order valence-corrected chi connectivity index (χ1v) is 7.84. The van der Waals surface area contributed by atoms with Crippen LogP contribution in [0.15, 0.2) is 34.8 Å². The summed E-state index contributed by atoms with van der Waals surface area (Å²) in [5, 5.41) is 3.54. The van der Waals surface area contributed by atoms with Crippen molar-refractivity contribution < 1.29 is 4.74 Å². The highest BCUT2D eigenvalue weighted by molar-refractivity contribution is 9.10. The number of rotatable bonds is 5. The van der Waals surface area contributed by atoms with E-state index in [-0.39, 0.29) is 6.04 Å². The van der Waals surface area contributed by atoms with E-state index in [0.29, 0.717) is 0 Å². The molecule has 1 unspecified atom stereocenters. The Morgan fingerprint density at radius 2 is 2.11 bits per heavy atom. The van der Waals surface area contributed by atoms with E-state index in [1.165, 1.54) is 19.8 Å². The minimum Gasteiger partial charge on any atom is -0.496 e. The summed E-state index contributed by atoms with van der Waals surface area (Å²) in [6.07, 6.45) is 0. The molecule has 4 heteroatoms. The van der Waals surface area contributed by atoms with Crippen LogP contribution in [0, 0.1) is 6.92 Å². The largest absolute Gasteiger partial charge is 0.496 e. The number of methoxy groups -OCH3 is 1. The highest BCUT2D eigenvalue weighted by Crippen LogP contribution is 2.28. The van der Waals surface area contributed by atoms with E-state index in [9.17, 15) is 0 Å². The van der Waals surface area contributed by atoms with Gasteiger partial charge in [0.2, 0.25) is 0 Å². The Morgan fingerprint density at radius 1 is 1.37 bits per heavy atom. The Bertz CT molecular complexity index is 533. The highest BCUT2D eigenvalue weighted by atomic mass is 79.9. The molecule has 2 aromatic rings. The lowest BCUT2D eigenvalue weighted by Crippen LogP contribution is -2.18. The zero-order valence-corrected chi connectivity index (χ0v) is 13.8. The van der Waals surface area contributed by atoms with Crippen LogP contribution >= 0.6 is 27.3 Å². The summed E-state index contributed by atoms with van der Waals surface area (Å²) in [5.41, 5.74) is 1.19. The monoisotopic (exact) mass is 339 g/mol. The molecule has 0 saturated carbocycles. The van der Waals surface area contributed by atoms with E-state index in [0.717, 1.165) is 12.3 Å². The summed E-state index contributed by atoms with van der Waals surface area (Å²) in [7, 11) is 1.71. The first-order chi connectivity index (χ1) is 9.11. The van der Waals surface area contributed by atoms with Crippen LogP contribution in [0.3, 0.4) is 0 Å². The maximum Gasteiger partial charge on any atom is 0.123 e. The van der Waals surface area contributed by atoms with Crippen molar-refractivity contribution >= 4 is 27.3 Å². The van der Waals surface area contributed by atoms with Crippen molar-refractivity contribution in [1.29, 1.82) is 0 Å². The fourth-order valence-electron chi connectivity index (χ4n) is 1.99. The van der Waals surface area contributed by atoms with Gasteiger partial charge in [0.15, 0.2) is 0 Å². The number of halogens is 1. The molecule has 0 saturated heterocycles. The summed E-state index contributed by atoms with van der Waals surface area (Å²) in [5.74, 6) is 0.936. The van der Waals surface area contributed by atoms with Crippen molar-refractivity contribution in [3.63, 3.8) is 0 Å². The Hall–Kier alpha value is -0.840. The van der Waals surface area contributed by atoms with Crippen LogP contribution in [0.2, 0.25) is 0 Å². The van der Waals surface area contributed by atoms with Crippen LogP contribution in [0.25, 0.3) is 0 Å². The first kappa shape index (κ1) is 14.6. The molecule has 0 aliphatic heterocycles. The zero-order valence-electron chi connectivity index (χ0n) is 11.4. The van der Waals surface area contributed by atoms with Gasteiger partial charge in [0.25, 0.3) is 0 Å². The minimum absolute atomic E-state index is 0.261. The second-order valence-electron chi connectivity index (χ2n) is 4.46. The topological polar surface area (TPSA) is 21.3 Å². The third kappa shape index (κ3) is 3.59. The molecule has 1 aromatic heterocycles. The Morgan fingerprint density at radius 3 is 2.74 bits per heavy atom. The Labute approximate surface area is 126 Å². The van der Waals surface area contributed by atoms with Gasteiger partial charge in [-0.1, -0.05) is 18.2 Å². The molecule has 1 heterocycles. The number of nitrogens with one attached hydrogen (secondary N) is 1. The van der Waals surface area contributed by atoms with Gasteiger partial charge in [-0.05, 0) is 41.9 Å². The summed E-state index contributed by atoms with van der Waals surface area (Å²) in [6, 6.07) is 10.6. The van der Waals surface area contributed by atoms with Crippen molar-refractivity contribution in [2.45, 2.75) is 26.4 Å². The molecule has 0 spiro atoms. The number of hydrogen-bond acceptors (Lipinski definition) is 3. The molecule has 0 aliphatic carbocycles. The quantitative estimate of drug-likeness (QED) is 0.853. The molecule has 102 valence electrons. The van der Waals surface area contributed by atoms with Crippen molar-refractivity contribution in [1.82, 2.24) is 5.32 Å². The SMILES string of the molecule is COc1ccccc1C(C)NCc1cc(Br)c(C)s1.